The van der Waals surface area contributed by atoms with Gasteiger partial charge in [-0.25, -0.2) is 0 Å². The summed E-state index contributed by atoms with van der Waals surface area (Å²) in [6.45, 7) is 0. The van der Waals surface area contributed by atoms with Crippen LogP contribution < -0.4 is 5.73 Å². The number of hydrogen-bond donors (Lipinski definition) is 1. The van der Waals surface area contributed by atoms with E-state index in [1.165, 1.54) is 0 Å². The van der Waals surface area contributed by atoms with Crippen molar-refractivity contribution in [2.75, 3.05) is 14.1 Å². The van der Waals surface area contributed by atoms with Gasteiger partial charge in [0.1, 0.15) is 0 Å². The van der Waals surface area contributed by atoms with Crippen LogP contribution in [0.25, 0.3) is 10.9 Å². The second-order valence-electron chi connectivity index (χ2n) is 6.24. The Labute approximate surface area is 125 Å². The van der Waals surface area contributed by atoms with Crippen LogP contribution >= 0.6 is 0 Å². The Morgan fingerprint density at radius 2 is 1.86 bits per heavy atom. The molecule has 1 aliphatic carbocycles. The number of carbonyl (C=O) groups excluding carboxylic acids is 1. The molecule has 1 aromatic heterocycles. The number of rotatable bonds is 2. The van der Waals surface area contributed by atoms with Crippen molar-refractivity contribution in [1.29, 1.82) is 0 Å². The molecule has 4 nitrogen and oxygen atoms in total. The van der Waals surface area contributed by atoms with Gasteiger partial charge in [-0.3, -0.25) is 4.79 Å². The number of carbonyl (C=O) groups is 1. The largest absolute Gasteiger partial charge is 0.345 e. The number of aromatic nitrogens is 1. The van der Waals surface area contributed by atoms with Crippen LogP contribution in [0.2, 0.25) is 0 Å². The minimum Gasteiger partial charge on any atom is -0.345 e. The number of fused-ring (bicyclic) bond motifs is 1. The number of benzene rings is 1. The Morgan fingerprint density at radius 3 is 2.52 bits per heavy atom. The van der Waals surface area contributed by atoms with Crippen LogP contribution in [-0.4, -0.2) is 35.5 Å². The summed E-state index contributed by atoms with van der Waals surface area (Å²) in [7, 11) is 3.60. The molecular formula is C17H23N3O. The minimum absolute atomic E-state index is 0.0671. The van der Waals surface area contributed by atoms with Gasteiger partial charge < -0.3 is 15.2 Å². The summed E-state index contributed by atoms with van der Waals surface area (Å²) < 4.78 is 2.29. The van der Waals surface area contributed by atoms with Crippen LogP contribution in [0, 0.1) is 0 Å². The second-order valence-corrected chi connectivity index (χ2v) is 6.24. The van der Waals surface area contributed by atoms with Gasteiger partial charge in [-0.2, -0.15) is 0 Å². The van der Waals surface area contributed by atoms with Crippen LogP contribution in [0.15, 0.2) is 30.5 Å². The Hall–Kier alpha value is -1.81. The van der Waals surface area contributed by atoms with Crippen LogP contribution in [0.5, 0.6) is 0 Å². The van der Waals surface area contributed by atoms with E-state index in [4.69, 9.17) is 5.73 Å². The summed E-state index contributed by atoms with van der Waals surface area (Å²) in [6, 6.07) is 8.98. The van der Waals surface area contributed by atoms with E-state index in [0.717, 1.165) is 42.1 Å². The molecule has 2 N–H and O–H groups in total. The Balaban J connectivity index is 2.05. The molecule has 0 saturated heterocycles. The molecule has 0 radical (unpaired) electrons. The lowest BCUT2D eigenvalue weighted by molar-refractivity contribution is 0.0829. The van der Waals surface area contributed by atoms with E-state index in [1.807, 2.05) is 24.4 Å². The Morgan fingerprint density at radius 1 is 1.19 bits per heavy atom. The molecule has 3 rings (SSSR count). The third kappa shape index (κ3) is 2.56. The summed E-state index contributed by atoms with van der Waals surface area (Å²) in [5, 5.41) is 1.05. The number of nitrogens with zero attached hydrogens (tertiary/aromatic N) is 2. The van der Waals surface area contributed by atoms with Crippen molar-refractivity contribution in [1.82, 2.24) is 9.47 Å². The molecule has 1 amide bonds. The van der Waals surface area contributed by atoms with E-state index in [1.54, 1.807) is 19.0 Å². The maximum absolute atomic E-state index is 12.4. The molecule has 1 heterocycles. The first kappa shape index (κ1) is 14.1. The van der Waals surface area contributed by atoms with Crippen molar-refractivity contribution in [3.8, 4) is 0 Å². The molecule has 0 atom stereocenters. The van der Waals surface area contributed by atoms with Crippen molar-refractivity contribution in [3.63, 3.8) is 0 Å². The standard InChI is InChI=1S/C17H23N3O/c1-19(2)17(21)15-11-20(13-9-7-12(18)8-10-13)16-6-4-3-5-14(15)16/h3-6,11-13H,7-10,18H2,1-2H3. The fraction of sp³-hybridized carbons (Fsp3) is 0.471. The van der Waals surface area contributed by atoms with E-state index in [2.05, 4.69) is 10.6 Å². The summed E-state index contributed by atoms with van der Waals surface area (Å²) in [5.74, 6) is 0.0671. The highest BCUT2D eigenvalue weighted by atomic mass is 16.2. The zero-order valence-corrected chi connectivity index (χ0v) is 12.7. The van der Waals surface area contributed by atoms with Crippen molar-refractivity contribution in [3.05, 3.63) is 36.0 Å². The van der Waals surface area contributed by atoms with Crippen LogP contribution in [0.1, 0.15) is 42.1 Å². The maximum atomic E-state index is 12.4. The van der Waals surface area contributed by atoms with Gasteiger partial charge in [0.05, 0.1) is 5.56 Å². The Bertz CT molecular complexity index is 651. The van der Waals surface area contributed by atoms with Gasteiger partial charge in [0, 0.05) is 43.3 Å². The zero-order valence-electron chi connectivity index (χ0n) is 12.7. The summed E-state index contributed by atoms with van der Waals surface area (Å²) >= 11 is 0. The average molecular weight is 285 g/mol. The third-order valence-electron chi connectivity index (χ3n) is 4.51. The van der Waals surface area contributed by atoms with Gasteiger partial charge in [-0.1, -0.05) is 18.2 Å². The fourth-order valence-electron chi connectivity index (χ4n) is 3.30. The average Bonchev–Trinajstić information content (AvgIpc) is 2.87. The van der Waals surface area contributed by atoms with Gasteiger partial charge in [0.2, 0.25) is 0 Å². The second kappa shape index (κ2) is 5.53. The first-order valence-corrected chi connectivity index (χ1v) is 7.64. The molecule has 0 aliphatic heterocycles. The van der Waals surface area contributed by atoms with Crippen LogP contribution in [-0.2, 0) is 0 Å². The van der Waals surface area contributed by atoms with Crippen molar-refractivity contribution in [2.45, 2.75) is 37.8 Å². The molecule has 1 aromatic carbocycles. The van der Waals surface area contributed by atoms with E-state index in [9.17, 15) is 4.79 Å². The molecule has 0 bridgehead atoms. The predicted octanol–water partition coefficient (Wildman–Crippen LogP) is 2.79. The summed E-state index contributed by atoms with van der Waals surface area (Å²) in [4.78, 5) is 14.0. The molecule has 1 fully saturated rings. The summed E-state index contributed by atoms with van der Waals surface area (Å²) in [6.07, 6.45) is 6.35. The molecular weight excluding hydrogens is 262 g/mol. The molecule has 1 saturated carbocycles. The number of amides is 1. The lowest BCUT2D eigenvalue weighted by Gasteiger charge is -2.28. The van der Waals surface area contributed by atoms with Crippen LogP contribution in [0.4, 0.5) is 0 Å². The number of para-hydroxylation sites is 1. The van der Waals surface area contributed by atoms with E-state index in [-0.39, 0.29) is 5.91 Å². The van der Waals surface area contributed by atoms with Crippen molar-refractivity contribution in [2.24, 2.45) is 5.73 Å². The quantitative estimate of drug-likeness (QED) is 0.922. The van der Waals surface area contributed by atoms with Gasteiger partial charge in [0.25, 0.3) is 5.91 Å². The molecule has 4 heteroatoms. The lowest BCUT2D eigenvalue weighted by Crippen LogP contribution is -2.27. The van der Waals surface area contributed by atoms with E-state index >= 15 is 0 Å². The minimum atomic E-state index is 0.0671. The SMILES string of the molecule is CN(C)C(=O)c1cn(C2CCC(N)CC2)c2ccccc12. The summed E-state index contributed by atoms with van der Waals surface area (Å²) in [5.41, 5.74) is 7.96. The molecule has 2 aromatic rings. The maximum Gasteiger partial charge on any atom is 0.255 e. The highest BCUT2D eigenvalue weighted by molar-refractivity contribution is 6.06. The smallest absolute Gasteiger partial charge is 0.255 e. The van der Waals surface area contributed by atoms with Gasteiger partial charge >= 0.3 is 0 Å². The highest BCUT2D eigenvalue weighted by Crippen LogP contribution is 2.33. The fourth-order valence-corrected chi connectivity index (χ4v) is 3.30. The molecule has 112 valence electrons. The normalized spacial score (nSPS) is 22.4. The van der Waals surface area contributed by atoms with Gasteiger partial charge in [-0.15, -0.1) is 0 Å². The van der Waals surface area contributed by atoms with Gasteiger partial charge in [-0.05, 0) is 31.7 Å². The number of nitrogens with two attached hydrogens (primary N) is 1. The van der Waals surface area contributed by atoms with E-state index < -0.39 is 0 Å². The Kier molecular flexibility index (Phi) is 3.72. The monoisotopic (exact) mass is 285 g/mol. The first-order valence-electron chi connectivity index (χ1n) is 7.64. The third-order valence-corrected chi connectivity index (χ3v) is 4.51. The van der Waals surface area contributed by atoms with Crippen molar-refractivity contribution >= 4 is 16.8 Å². The lowest BCUT2D eigenvalue weighted by atomic mass is 9.91. The topological polar surface area (TPSA) is 51.3 Å². The molecule has 1 aliphatic rings. The molecule has 21 heavy (non-hydrogen) atoms. The van der Waals surface area contributed by atoms with Gasteiger partial charge in [0.15, 0.2) is 0 Å². The number of hydrogen-bond acceptors (Lipinski definition) is 2. The van der Waals surface area contributed by atoms with Crippen molar-refractivity contribution < 1.29 is 4.79 Å². The first-order chi connectivity index (χ1) is 10.1. The van der Waals surface area contributed by atoms with E-state index in [0.29, 0.717) is 12.1 Å². The molecule has 0 unspecified atom stereocenters. The zero-order chi connectivity index (χ0) is 15.0. The predicted molar refractivity (Wildman–Crippen MR) is 85.4 cm³/mol. The van der Waals surface area contributed by atoms with Crippen LogP contribution in [0.3, 0.4) is 0 Å². The highest BCUT2D eigenvalue weighted by Gasteiger charge is 2.24. The molecule has 0 spiro atoms.